The molecule has 0 radical (unpaired) electrons. The van der Waals surface area contributed by atoms with E-state index in [2.05, 4.69) is 38.5 Å². The van der Waals surface area contributed by atoms with Gasteiger partial charge in [0.1, 0.15) is 5.69 Å². The summed E-state index contributed by atoms with van der Waals surface area (Å²) in [5.41, 5.74) is 9.73. The average molecular weight is 594 g/mol. The molecule has 0 aliphatic carbocycles. The predicted molar refractivity (Wildman–Crippen MR) is 134 cm³/mol. The van der Waals surface area contributed by atoms with Crippen molar-refractivity contribution in [2.24, 2.45) is 5.73 Å². The number of benzene rings is 1. The van der Waals surface area contributed by atoms with E-state index < -0.39 is 36.6 Å². The quantitative estimate of drug-likeness (QED) is 0.175. The molecule has 2 aromatic heterocycles. The lowest BCUT2D eigenvalue weighted by Crippen LogP contribution is -2.44. The second kappa shape index (κ2) is 11.8. The highest BCUT2D eigenvalue weighted by molar-refractivity contribution is 7.80. The first kappa shape index (κ1) is 28.9. The fraction of sp³-hybridized carbons (Fsp3) is 0.190. The maximum atomic E-state index is 13.4. The molecule has 1 aromatic carbocycles. The van der Waals surface area contributed by atoms with Crippen LogP contribution in [0.25, 0.3) is 5.82 Å². The van der Waals surface area contributed by atoms with E-state index in [1.165, 1.54) is 30.5 Å². The number of amides is 2. The molecule has 38 heavy (non-hydrogen) atoms. The third-order valence-electron chi connectivity index (χ3n) is 4.67. The number of hydrazine groups is 1. The van der Waals surface area contributed by atoms with Crippen LogP contribution in [-0.2, 0) is 0 Å². The Kier molecular flexibility index (Phi) is 8.96. The Morgan fingerprint density at radius 3 is 2.55 bits per heavy atom. The Labute approximate surface area is 227 Å². The number of nitrogens with zero attached hydrogens (tertiary/aromatic N) is 3. The average Bonchev–Trinajstić information content (AvgIpc) is 3.27. The van der Waals surface area contributed by atoms with Gasteiger partial charge in [0, 0.05) is 17.3 Å². The molecule has 0 unspecified atom stereocenters. The number of carbonyl (C=O) groups is 2. The fourth-order valence-corrected chi connectivity index (χ4v) is 3.50. The number of carbonyl (C=O) groups excluding carboxylic acids is 2. The van der Waals surface area contributed by atoms with E-state index >= 15 is 0 Å². The predicted octanol–water partition coefficient (Wildman–Crippen LogP) is 3.89. The Bertz CT molecular complexity index is 1390. The standard InChI is InChI=1S/C21H17Cl2F4N7O3S/c1-9-5-10(22)6-11(17(35)31-32-20(28)38)15(9)30-18(36)13-7-14(37-8-21(26,27)19(24)25)33-34(13)16-12(23)3-2-4-29-16/h2-7,19H,8H2,1H3,(H,30,36)(H,31,35)(H3,28,32,38). The normalized spacial score (nSPS) is 11.3. The third kappa shape index (κ3) is 6.79. The van der Waals surface area contributed by atoms with E-state index in [9.17, 15) is 27.2 Å². The van der Waals surface area contributed by atoms with Crippen molar-refractivity contribution in [3.05, 3.63) is 63.4 Å². The number of hydrogen-bond acceptors (Lipinski definition) is 6. The van der Waals surface area contributed by atoms with Crippen LogP contribution >= 0.6 is 35.4 Å². The Morgan fingerprint density at radius 2 is 1.92 bits per heavy atom. The van der Waals surface area contributed by atoms with Crippen LogP contribution in [0, 0.1) is 6.92 Å². The monoisotopic (exact) mass is 593 g/mol. The Balaban J connectivity index is 2.01. The van der Waals surface area contributed by atoms with Crippen molar-refractivity contribution in [1.82, 2.24) is 25.6 Å². The van der Waals surface area contributed by atoms with Crippen LogP contribution in [0.1, 0.15) is 26.4 Å². The molecule has 0 spiro atoms. The zero-order valence-electron chi connectivity index (χ0n) is 19.1. The molecule has 202 valence electrons. The van der Waals surface area contributed by atoms with Crippen molar-refractivity contribution < 1.29 is 31.9 Å². The number of nitrogens with one attached hydrogen (secondary N) is 3. The van der Waals surface area contributed by atoms with E-state index in [-0.39, 0.29) is 37.9 Å². The summed E-state index contributed by atoms with van der Waals surface area (Å²) in [5.74, 6) is -6.85. The number of alkyl halides is 4. The second-order valence-electron chi connectivity index (χ2n) is 7.48. The minimum Gasteiger partial charge on any atom is -0.470 e. The topological polar surface area (TPSA) is 136 Å². The van der Waals surface area contributed by atoms with Gasteiger partial charge in [-0.15, -0.1) is 5.10 Å². The molecule has 0 bridgehead atoms. The summed E-state index contributed by atoms with van der Waals surface area (Å²) in [5, 5.41) is 6.35. The van der Waals surface area contributed by atoms with Gasteiger partial charge in [0.2, 0.25) is 5.88 Å². The van der Waals surface area contributed by atoms with Crippen LogP contribution in [0.5, 0.6) is 5.88 Å². The van der Waals surface area contributed by atoms with E-state index in [1.54, 1.807) is 6.92 Å². The highest BCUT2D eigenvalue weighted by Gasteiger charge is 2.42. The molecule has 10 nitrogen and oxygen atoms in total. The lowest BCUT2D eigenvalue weighted by Gasteiger charge is -2.15. The van der Waals surface area contributed by atoms with Gasteiger partial charge in [0.05, 0.1) is 16.3 Å². The first-order valence-corrected chi connectivity index (χ1v) is 11.4. The lowest BCUT2D eigenvalue weighted by atomic mass is 10.1. The van der Waals surface area contributed by atoms with Crippen LogP contribution < -0.4 is 26.6 Å². The van der Waals surface area contributed by atoms with Gasteiger partial charge < -0.3 is 15.8 Å². The highest BCUT2D eigenvalue weighted by atomic mass is 35.5. The van der Waals surface area contributed by atoms with Gasteiger partial charge in [-0.2, -0.15) is 8.78 Å². The first-order valence-electron chi connectivity index (χ1n) is 10.3. The number of halogens is 6. The van der Waals surface area contributed by atoms with E-state index in [0.29, 0.717) is 5.56 Å². The SMILES string of the molecule is Cc1cc(Cl)cc(C(=O)NNC(N)=S)c1NC(=O)c1cc(OCC(F)(F)C(F)F)nn1-c1ncccc1Cl. The van der Waals surface area contributed by atoms with E-state index in [0.717, 1.165) is 10.7 Å². The number of rotatable bonds is 8. The Hall–Kier alpha value is -3.69. The van der Waals surface area contributed by atoms with Crippen molar-refractivity contribution in [3.63, 3.8) is 0 Å². The molecule has 0 aliphatic rings. The number of pyridine rings is 1. The molecule has 0 saturated heterocycles. The summed E-state index contributed by atoms with van der Waals surface area (Å²) in [6, 6.07) is 6.54. The fourth-order valence-electron chi connectivity index (χ4n) is 2.97. The van der Waals surface area contributed by atoms with Crippen LogP contribution in [0.15, 0.2) is 36.5 Å². The number of aryl methyl sites for hydroxylation is 1. The smallest absolute Gasteiger partial charge is 0.340 e. The van der Waals surface area contributed by atoms with E-state index in [1.807, 2.05) is 0 Å². The van der Waals surface area contributed by atoms with Crippen molar-refractivity contribution >= 4 is 58.0 Å². The molecule has 0 fully saturated rings. The van der Waals surface area contributed by atoms with Crippen molar-refractivity contribution in [3.8, 4) is 11.7 Å². The zero-order valence-corrected chi connectivity index (χ0v) is 21.4. The molecule has 5 N–H and O–H groups in total. The number of nitrogens with two attached hydrogens (primary N) is 1. The van der Waals surface area contributed by atoms with Gasteiger partial charge in [0.15, 0.2) is 17.5 Å². The summed E-state index contributed by atoms with van der Waals surface area (Å²) in [6.45, 7) is -0.164. The van der Waals surface area contributed by atoms with Crippen molar-refractivity contribution in [2.75, 3.05) is 11.9 Å². The zero-order chi connectivity index (χ0) is 28.2. The summed E-state index contributed by atoms with van der Waals surface area (Å²) in [4.78, 5) is 30.0. The maximum Gasteiger partial charge on any atom is 0.340 e. The lowest BCUT2D eigenvalue weighted by molar-refractivity contribution is -0.148. The molecule has 17 heteroatoms. The highest BCUT2D eigenvalue weighted by Crippen LogP contribution is 2.29. The van der Waals surface area contributed by atoms with Gasteiger partial charge in [-0.25, -0.2) is 18.4 Å². The van der Waals surface area contributed by atoms with Gasteiger partial charge in [-0.3, -0.25) is 20.4 Å². The van der Waals surface area contributed by atoms with E-state index in [4.69, 9.17) is 33.7 Å². The van der Waals surface area contributed by atoms with Crippen molar-refractivity contribution in [2.45, 2.75) is 19.3 Å². The minimum atomic E-state index is -4.47. The number of aromatic nitrogens is 3. The van der Waals surface area contributed by atoms with Crippen LogP contribution in [0.2, 0.25) is 10.0 Å². The summed E-state index contributed by atoms with van der Waals surface area (Å²) in [6.07, 6.45) is -2.67. The van der Waals surface area contributed by atoms with Gasteiger partial charge in [-0.05, 0) is 49.0 Å². The molecular weight excluding hydrogens is 577 g/mol. The van der Waals surface area contributed by atoms with Crippen LogP contribution in [0.4, 0.5) is 23.2 Å². The molecular formula is C21H17Cl2F4N7O3S. The summed E-state index contributed by atoms with van der Waals surface area (Å²) >= 11 is 16.9. The number of ether oxygens (including phenoxy) is 1. The number of hydrogen-bond donors (Lipinski definition) is 4. The second-order valence-corrected chi connectivity index (χ2v) is 8.77. The number of thiocarbonyl (C=S) groups is 1. The maximum absolute atomic E-state index is 13.4. The Morgan fingerprint density at radius 1 is 1.21 bits per heavy atom. The van der Waals surface area contributed by atoms with Gasteiger partial charge >= 0.3 is 12.3 Å². The summed E-state index contributed by atoms with van der Waals surface area (Å²) < 4.78 is 57.5. The molecule has 3 aromatic rings. The molecule has 0 aliphatic heterocycles. The van der Waals surface area contributed by atoms with Crippen LogP contribution in [0.3, 0.4) is 0 Å². The minimum absolute atomic E-state index is 0.00760. The largest absolute Gasteiger partial charge is 0.470 e. The molecule has 3 rings (SSSR count). The first-order chi connectivity index (χ1) is 17.8. The molecule has 0 saturated carbocycles. The van der Waals surface area contributed by atoms with Gasteiger partial charge in [-0.1, -0.05) is 23.2 Å². The molecule has 2 amide bonds. The van der Waals surface area contributed by atoms with Crippen molar-refractivity contribution in [1.29, 1.82) is 0 Å². The molecule has 2 heterocycles. The molecule has 0 atom stereocenters. The summed E-state index contributed by atoms with van der Waals surface area (Å²) in [7, 11) is 0. The van der Waals surface area contributed by atoms with Crippen LogP contribution in [-0.4, -0.2) is 50.6 Å². The number of anilines is 1. The third-order valence-corrected chi connectivity index (χ3v) is 5.29. The van der Waals surface area contributed by atoms with Gasteiger partial charge in [0.25, 0.3) is 11.8 Å².